The molecular formula is C78H153NO5. The van der Waals surface area contributed by atoms with Gasteiger partial charge < -0.3 is 20.3 Å². The van der Waals surface area contributed by atoms with E-state index in [9.17, 15) is 19.8 Å². The van der Waals surface area contributed by atoms with E-state index in [1.807, 2.05) is 0 Å². The lowest BCUT2D eigenvalue weighted by molar-refractivity contribution is -0.143. The highest BCUT2D eigenvalue weighted by atomic mass is 16.5. The number of hydrogen-bond acceptors (Lipinski definition) is 5. The second-order valence-corrected chi connectivity index (χ2v) is 27.0. The maximum atomic E-state index is 12.5. The van der Waals surface area contributed by atoms with Gasteiger partial charge in [0.25, 0.3) is 0 Å². The van der Waals surface area contributed by atoms with Gasteiger partial charge in [-0.1, -0.05) is 398 Å². The van der Waals surface area contributed by atoms with Crippen LogP contribution in [-0.2, 0) is 14.3 Å². The van der Waals surface area contributed by atoms with Gasteiger partial charge in [0.15, 0.2) is 0 Å². The molecular weight excluding hydrogens is 1030 g/mol. The van der Waals surface area contributed by atoms with Crippen LogP contribution in [0.5, 0.6) is 0 Å². The zero-order valence-corrected chi connectivity index (χ0v) is 57.4. The number of carbonyl (C=O) groups excluding carboxylic acids is 2. The van der Waals surface area contributed by atoms with Crippen molar-refractivity contribution in [3.8, 4) is 0 Å². The monoisotopic (exact) mass is 1180 g/mol. The van der Waals surface area contributed by atoms with E-state index in [2.05, 4.69) is 31.3 Å². The van der Waals surface area contributed by atoms with Gasteiger partial charge >= 0.3 is 5.97 Å². The van der Waals surface area contributed by atoms with E-state index in [1.54, 1.807) is 0 Å². The Labute approximate surface area is 527 Å². The molecule has 3 N–H and O–H groups in total. The van der Waals surface area contributed by atoms with Crippen LogP contribution in [0.25, 0.3) is 0 Å². The number of allylic oxidation sites excluding steroid dienone is 2. The molecule has 0 aliphatic carbocycles. The summed E-state index contributed by atoms with van der Waals surface area (Å²) in [6.07, 6.45) is 92.9. The summed E-state index contributed by atoms with van der Waals surface area (Å²) >= 11 is 0. The third-order valence-electron chi connectivity index (χ3n) is 18.6. The lowest BCUT2D eigenvalue weighted by Crippen LogP contribution is -2.45. The fraction of sp³-hybridized carbons (Fsp3) is 0.949. The number of esters is 1. The normalized spacial score (nSPS) is 12.5. The number of aliphatic hydroxyl groups is 2. The van der Waals surface area contributed by atoms with Crippen LogP contribution < -0.4 is 5.32 Å². The third kappa shape index (κ3) is 69.7. The first-order chi connectivity index (χ1) is 41.5. The van der Waals surface area contributed by atoms with Crippen LogP contribution in [0.2, 0.25) is 0 Å². The number of carbonyl (C=O) groups is 2. The van der Waals surface area contributed by atoms with E-state index >= 15 is 0 Å². The zero-order valence-electron chi connectivity index (χ0n) is 57.4. The molecule has 0 aliphatic heterocycles. The fourth-order valence-corrected chi connectivity index (χ4v) is 12.6. The highest BCUT2D eigenvalue weighted by Crippen LogP contribution is 2.20. The predicted octanol–water partition coefficient (Wildman–Crippen LogP) is 25.5. The minimum absolute atomic E-state index is 0.0234. The Bertz CT molecular complexity index is 1270. The maximum absolute atomic E-state index is 12.5. The van der Waals surface area contributed by atoms with E-state index in [-0.39, 0.29) is 18.5 Å². The number of nitrogens with one attached hydrogen (secondary N) is 1. The Hall–Kier alpha value is -1.40. The summed E-state index contributed by atoms with van der Waals surface area (Å²) in [5.74, 6) is -0.00470. The molecule has 0 aromatic carbocycles. The van der Waals surface area contributed by atoms with Crippen molar-refractivity contribution in [2.75, 3.05) is 13.2 Å². The standard InChI is InChI=1S/C78H153NO5/c1-3-5-7-9-11-13-15-17-19-21-38-42-46-50-54-58-62-66-70-76(81)75(74-80)79-77(82)71-67-63-59-55-51-47-43-39-36-34-32-30-28-26-24-23-25-27-29-31-33-35-37-41-45-49-53-57-61-65-69-73-84-78(83)72-68-64-60-56-52-48-44-40-22-20-18-16-14-12-10-8-6-4-2/h25,27,75-76,80-81H,3-24,26,28-74H2,1-2H3,(H,79,82)/b27-25-. The minimum atomic E-state index is -0.663. The number of ether oxygens (including phenoxy) is 1. The van der Waals surface area contributed by atoms with E-state index in [1.165, 1.54) is 379 Å². The molecule has 0 rings (SSSR count). The van der Waals surface area contributed by atoms with Crippen molar-refractivity contribution in [1.82, 2.24) is 5.32 Å². The van der Waals surface area contributed by atoms with Crippen LogP contribution >= 0.6 is 0 Å². The molecule has 0 aromatic heterocycles. The summed E-state index contributed by atoms with van der Waals surface area (Å²) in [6, 6.07) is -0.540. The van der Waals surface area contributed by atoms with E-state index in [0.29, 0.717) is 25.9 Å². The Morgan fingerprint density at radius 2 is 0.560 bits per heavy atom. The van der Waals surface area contributed by atoms with Gasteiger partial charge in [-0.2, -0.15) is 0 Å². The average Bonchev–Trinajstić information content (AvgIpc) is 3.52. The number of unbranched alkanes of at least 4 members (excludes halogenated alkanes) is 61. The van der Waals surface area contributed by atoms with Crippen LogP contribution in [0, 0.1) is 0 Å². The van der Waals surface area contributed by atoms with Crippen LogP contribution in [0.4, 0.5) is 0 Å². The second-order valence-electron chi connectivity index (χ2n) is 27.0. The Morgan fingerprint density at radius 3 is 0.845 bits per heavy atom. The molecule has 0 saturated carbocycles. The Kier molecular flexibility index (Phi) is 72.8. The lowest BCUT2D eigenvalue weighted by Gasteiger charge is -2.22. The molecule has 0 fully saturated rings. The molecule has 0 saturated heterocycles. The third-order valence-corrected chi connectivity index (χ3v) is 18.6. The Morgan fingerprint density at radius 1 is 0.321 bits per heavy atom. The number of amides is 1. The first-order valence-electron chi connectivity index (χ1n) is 38.9. The van der Waals surface area contributed by atoms with Crippen molar-refractivity contribution in [1.29, 1.82) is 0 Å². The molecule has 0 spiro atoms. The van der Waals surface area contributed by atoms with Crippen LogP contribution in [0.3, 0.4) is 0 Å². The lowest BCUT2D eigenvalue weighted by atomic mass is 10.0. The fourth-order valence-electron chi connectivity index (χ4n) is 12.6. The molecule has 6 nitrogen and oxygen atoms in total. The zero-order chi connectivity index (χ0) is 60.6. The van der Waals surface area contributed by atoms with Crippen LogP contribution in [0.1, 0.15) is 450 Å². The highest BCUT2D eigenvalue weighted by molar-refractivity contribution is 5.76. The molecule has 2 atom stereocenters. The SMILES string of the molecule is CCCCCCCCCCCCCCCCCCCCC(=O)OCCCCCCCCCCCCCC/C=C\CCCCCCCCCCCCCCCCCC(=O)NC(CO)C(O)CCCCCCCCCCCCCCCCCCCC. The smallest absolute Gasteiger partial charge is 0.305 e. The summed E-state index contributed by atoms with van der Waals surface area (Å²) in [5.41, 5.74) is 0. The summed E-state index contributed by atoms with van der Waals surface area (Å²) in [6.45, 7) is 5.01. The largest absolute Gasteiger partial charge is 0.466 e. The first kappa shape index (κ1) is 82.6. The van der Waals surface area contributed by atoms with Gasteiger partial charge in [-0.3, -0.25) is 9.59 Å². The summed E-state index contributed by atoms with van der Waals surface area (Å²) in [7, 11) is 0. The number of rotatable bonds is 74. The Balaban J connectivity index is 3.34. The van der Waals surface area contributed by atoms with E-state index in [4.69, 9.17) is 4.74 Å². The molecule has 0 radical (unpaired) electrons. The topological polar surface area (TPSA) is 95.9 Å². The van der Waals surface area contributed by atoms with Crippen LogP contribution in [0.15, 0.2) is 12.2 Å². The van der Waals surface area contributed by atoms with Crippen molar-refractivity contribution in [3.63, 3.8) is 0 Å². The van der Waals surface area contributed by atoms with E-state index in [0.717, 1.165) is 38.5 Å². The molecule has 6 heteroatoms. The van der Waals surface area contributed by atoms with Gasteiger partial charge in [-0.15, -0.1) is 0 Å². The predicted molar refractivity (Wildman–Crippen MR) is 370 cm³/mol. The molecule has 0 aromatic rings. The summed E-state index contributed by atoms with van der Waals surface area (Å²) in [4.78, 5) is 24.7. The molecule has 0 heterocycles. The highest BCUT2D eigenvalue weighted by Gasteiger charge is 2.20. The molecule has 500 valence electrons. The van der Waals surface area contributed by atoms with Gasteiger partial charge in [0, 0.05) is 12.8 Å². The quantitative estimate of drug-likeness (QED) is 0.0320. The van der Waals surface area contributed by atoms with Gasteiger partial charge in [0.05, 0.1) is 25.4 Å². The minimum Gasteiger partial charge on any atom is -0.466 e. The van der Waals surface area contributed by atoms with Crippen molar-refractivity contribution in [2.24, 2.45) is 0 Å². The van der Waals surface area contributed by atoms with Crippen LogP contribution in [-0.4, -0.2) is 47.4 Å². The van der Waals surface area contributed by atoms with Gasteiger partial charge in [0.1, 0.15) is 0 Å². The molecule has 2 unspecified atom stereocenters. The van der Waals surface area contributed by atoms with Crippen molar-refractivity contribution >= 4 is 11.9 Å². The van der Waals surface area contributed by atoms with Crippen molar-refractivity contribution < 1.29 is 24.5 Å². The van der Waals surface area contributed by atoms with Gasteiger partial charge in [0.2, 0.25) is 5.91 Å². The summed E-state index contributed by atoms with van der Waals surface area (Å²) in [5, 5.41) is 23.4. The average molecular weight is 1190 g/mol. The maximum Gasteiger partial charge on any atom is 0.305 e. The van der Waals surface area contributed by atoms with Gasteiger partial charge in [-0.25, -0.2) is 0 Å². The van der Waals surface area contributed by atoms with E-state index < -0.39 is 12.1 Å². The number of aliphatic hydroxyl groups excluding tert-OH is 2. The molecule has 0 bridgehead atoms. The first-order valence-corrected chi connectivity index (χ1v) is 38.9. The van der Waals surface area contributed by atoms with Gasteiger partial charge in [-0.05, 0) is 51.4 Å². The second kappa shape index (κ2) is 74.1. The molecule has 1 amide bonds. The van der Waals surface area contributed by atoms with Crippen molar-refractivity contribution in [2.45, 2.75) is 463 Å². The summed E-state index contributed by atoms with van der Waals surface area (Å²) < 4.78 is 5.52. The van der Waals surface area contributed by atoms with Crippen molar-refractivity contribution in [3.05, 3.63) is 12.2 Å². The molecule has 84 heavy (non-hydrogen) atoms. The molecule has 0 aliphatic rings. The number of hydrogen-bond donors (Lipinski definition) is 3.